The Morgan fingerprint density at radius 1 is 1.57 bits per heavy atom. The minimum Gasteiger partial charge on any atom is -0.374 e. The summed E-state index contributed by atoms with van der Waals surface area (Å²) in [4.78, 5) is 17.1. The summed E-state index contributed by atoms with van der Waals surface area (Å²) in [7, 11) is 0. The van der Waals surface area contributed by atoms with Crippen LogP contribution in [0.4, 0.5) is 0 Å². The molecule has 2 aromatic rings. The number of amides is 1. The predicted molar refractivity (Wildman–Crippen MR) is 90.9 cm³/mol. The molecular weight excluding hydrogens is 290 g/mol. The van der Waals surface area contributed by atoms with Gasteiger partial charge >= 0.3 is 0 Å². The van der Waals surface area contributed by atoms with Crippen LogP contribution in [-0.2, 0) is 4.79 Å². The zero-order valence-electron chi connectivity index (χ0n) is 13.4. The first-order chi connectivity index (χ1) is 11.0. The van der Waals surface area contributed by atoms with Gasteiger partial charge in [0.05, 0.1) is 5.52 Å². The number of likely N-dealkylation sites (tertiary alicyclic amines) is 1. The maximum atomic E-state index is 11.9. The minimum absolute atomic E-state index is 0.00908. The van der Waals surface area contributed by atoms with Gasteiger partial charge in [-0.1, -0.05) is 18.7 Å². The molecule has 1 amide bonds. The van der Waals surface area contributed by atoms with Crippen molar-refractivity contribution in [2.75, 3.05) is 13.1 Å². The molecule has 5 heteroatoms. The average molecular weight is 313 g/mol. The lowest BCUT2D eigenvalue weighted by atomic mass is 9.87. The molecule has 0 radical (unpaired) electrons. The van der Waals surface area contributed by atoms with Crippen LogP contribution in [0.3, 0.4) is 0 Å². The van der Waals surface area contributed by atoms with Gasteiger partial charge in [0, 0.05) is 35.7 Å². The van der Waals surface area contributed by atoms with Crippen LogP contribution >= 0.6 is 0 Å². The van der Waals surface area contributed by atoms with Gasteiger partial charge in [-0.3, -0.25) is 4.79 Å². The molecular formula is C18H23N3O2. The lowest BCUT2D eigenvalue weighted by molar-refractivity contribution is -0.127. The number of hydrogen-bond donors (Lipinski definition) is 3. The quantitative estimate of drug-likeness (QED) is 0.601. The van der Waals surface area contributed by atoms with E-state index in [0.717, 1.165) is 36.0 Å². The smallest absolute Gasteiger partial charge is 0.245 e. The molecule has 1 aromatic carbocycles. The van der Waals surface area contributed by atoms with Crippen molar-refractivity contribution < 1.29 is 9.90 Å². The second kappa shape index (κ2) is 6.18. The van der Waals surface area contributed by atoms with E-state index >= 15 is 0 Å². The molecule has 1 fully saturated rings. The highest BCUT2D eigenvalue weighted by molar-refractivity contribution is 5.89. The Hall–Kier alpha value is -2.11. The third-order valence-corrected chi connectivity index (χ3v) is 4.66. The lowest BCUT2D eigenvalue weighted by Gasteiger charge is -2.33. The van der Waals surface area contributed by atoms with Crippen LogP contribution in [0.5, 0.6) is 0 Å². The van der Waals surface area contributed by atoms with Crippen LogP contribution in [0.2, 0.25) is 0 Å². The first kappa shape index (κ1) is 15.8. The second-order valence-electron chi connectivity index (χ2n) is 6.26. The largest absolute Gasteiger partial charge is 0.374 e. The molecule has 3 rings (SSSR count). The molecule has 1 saturated heterocycles. The molecule has 2 heterocycles. The first-order valence-corrected chi connectivity index (χ1v) is 7.98. The van der Waals surface area contributed by atoms with E-state index in [1.165, 1.54) is 11.6 Å². The summed E-state index contributed by atoms with van der Waals surface area (Å²) in [5.41, 5.74) is 9.50. The molecule has 1 unspecified atom stereocenters. The topological polar surface area (TPSA) is 82.3 Å². The van der Waals surface area contributed by atoms with Crippen molar-refractivity contribution >= 4 is 16.8 Å². The summed E-state index contributed by atoms with van der Waals surface area (Å²) in [6.07, 6.45) is 2.41. The van der Waals surface area contributed by atoms with Crippen LogP contribution in [0.15, 0.2) is 30.9 Å². The fourth-order valence-electron chi connectivity index (χ4n) is 3.56. The van der Waals surface area contributed by atoms with E-state index in [4.69, 9.17) is 5.73 Å². The Kier molecular flexibility index (Phi) is 4.24. The molecule has 4 N–H and O–H groups in total. The molecule has 1 aliphatic rings. The van der Waals surface area contributed by atoms with Gasteiger partial charge in [-0.15, -0.1) is 0 Å². The molecule has 23 heavy (non-hydrogen) atoms. The van der Waals surface area contributed by atoms with Gasteiger partial charge in [-0.2, -0.15) is 0 Å². The van der Waals surface area contributed by atoms with Gasteiger partial charge in [0.25, 0.3) is 0 Å². The highest BCUT2D eigenvalue weighted by Gasteiger charge is 2.25. The summed E-state index contributed by atoms with van der Waals surface area (Å²) >= 11 is 0. The number of nitrogens with one attached hydrogen (secondary N) is 1. The first-order valence-electron chi connectivity index (χ1n) is 7.98. The Morgan fingerprint density at radius 2 is 2.35 bits per heavy atom. The maximum absolute atomic E-state index is 11.9. The van der Waals surface area contributed by atoms with Crippen molar-refractivity contribution in [3.05, 3.63) is 47.7 Å². The number of aliphatic hydroxyl groups is 1. The van der Waals surface area contributed by atoms with Crippen molar-refractivity contribution in [3.8, 4) is 0 Å². The van der Waals surface area contributed by atoms with Gasteiger partial charge in [-0.25, -0.2) is 0 Å². The predicted octanol–water partition coefficient (Wildman–Crippen LogP) is 2.32. The average Bonchev–Trinajstić information content (AvgIpc) is 2.94. The monoisotopic (exact) mass is 313 g/mol. The molecule has 1 aliphatic heterocycles. The number of aryl methyl sites for hydroxylation is 1. The van der Waals surface area contributed by atoms with Crippen LogP contribution < -0.4 is 5.73 Å². The fraction of sp³-hybridized carbons (Fsp3) is 0.389. The molecule has 122 valence electrons. The number of aromatic amines is 1. The van der Waals surface area contributed by atoms with Crippen LogP contribution in [0.1, 0.15) is 41.8 Å². The van der Waals surface area contributed by atoms with Crippen molar-refractivity contribution in [3.63, 3.8) is 0 Å². The van der Waals surface area contributed by atoms with Gasteiger partial charge in [0.1, 0.15) is 6.23 Å². The van der Waals surface area contributed by atoms with Crippen molar-refractivity contribution in [1.82, 2.24) is 9.88 Å². The Labute approximate surface area is 135 Å². The number of benzene rings is 1. The van der Waals surface area contributed by atoms with Crippen molar-refractivity contribution in [2.45, 2.75) is 31.9 Å². The molecule has 0 aliphatic carbocycles. The summed E-state index contributed by atoms with van der Waals surface area (Å²) in [6.45, 7) is 7.06. The number of aliphatic hydroxyl groups excluding tert-OH is 1. The number of nitrogens with two attached hydrogens (primary N) is 1. The highest BCUT2D eigenvalue weighted by atomic mass is 16.3. The molecule has 0 spiro atoms. The molecule has 1 aromatic heterocycles. The molecule has 0 bridgehead atoms. The fourth-order valence-corrected chi connectivity index (χ4v) is 3.56. The summed E-state index contributed by atoms with van der Waals surface area (Å²) in [5.74, 6) is 0.277. The SMILES string of the molecule is C=CC(=O)N1CCC[C@H](c2ccc(C(N)O)c3[nH]c(C)cc23)C1. The summed E-state index contributed by atoms with van der Waals surface area (Å²) < 4.78 is 0. The van der Waals surface area contributed by atoms with E-state index in [0.29, 0.717) is 12.1 Å². The highest BCUT2D eigenvalue weighted by Crippen LogP contribution is 2.35. The second-order valence-corrected chi connectivity index (χ2v) is 6.26. The Bertz CT molecular complexity index is 748. The van der Waals surface area contributed by atoms with E-state index < -0.39 is 6.23 Å². The zero-order chi connectivity index (χ0) is 16.6. The van der Waals surface area contributed by atoms with E-state index in [1.807, 2.05) is 24.0 Å². The maximum Gasteiger partial charge on any atom is 0.245 e. The number of carbonyl (C=O) groups excluding carboxylic acids is 1. The van der Waals surface area contributed by atoms with E-state index in [2.05, 4.69) is 17.6 Å². The summed E-state index contributed by atoms with van der Waals surface area (Å²) in [6, 6.07) is 6.00. The number of fused-ring (bicyclic) bond motifs is 1. The number of nitrogens with zero attached hydrogens (tertiary/aromatic N) is 1. The van der Waals surface area contributed by atoms with E-state index in [1.54, 1.807) is 0 Å². The molecule has 2 atom stereocenters. The summed E-state index contributed by atoms with van der Waals surface area (Å²) in [5, 5.41) is 10.9. The number of aromatic nitrogens is 1. The molecule has 0 saturated carbocycles. The number of H-pyrrole nitrogens is 1. The normalized spacial score (nSPS) is 19.8. The minimum atomic E-state index is -1.00. The molecule has 5 nitrogen and oxygen atoms in total. The van der Waals surface area contributed by atoms with Crippen molar-refractivity contribution in [2.24, 2.45) is 5.73 Å². The van der Waals surface area contributed by atoms with Gasteiger partial charge in [0.15, 0.2) is 0 Å². The lowest BCUT2D eigenvalue weighted by Crippen LogP contribution is -2.38. The van der Waals surface area contributed by atoms with Crippen molar-refractivity contribution in [1.29, 1.82) is 0 Å². The number of rotatable bonds is 3. The van der Waals surface area contributed by atoms with E-state index in [-0.39, 0.29) is 11.8 Å². The number of hydrogen-bond acceptors (Lipinski definition) is 3. The number of carbonyl (C=O) groups is 1. The van der Waals surface area contributed by atoms with Crippen LogP contribution in [0, 0.1) is 6.92 Å². The number of piperidine rings is 1. The third kappa shape index (κ3) is 2.90. The van der Waals surface area contributed by atoms with Gasteiger partial charge < -0.3 is 20.7 Å². The Balaban J connectivity index is 2.01. The van der Waals surface area contributed by atoms with Gasteiger partial charge in [-0.05, 0) is 37.5 Å². The standard InChI is InChI=1S/C18H23N3O2/c1-3-16(22)21-8-4-5-12(10-21)13-6-7-14(18(19)23)17-15(13)9-11(2)20-17/h3,6-7,9,12,18,20,23H,1,4-5,8,10,19H2,2H3/t12-,18?/m0/s1. The van der Waals surface area contributed by atoms with E-state index in [9.17, 15) is 9.90 Å². The Morgan fingerprint density at radius 3 is 3.04 bits per heavy atom. The zero-order valence-corrected chi connectivity index (χ0v) is 13.4. The van der Waals surface area contributed by atoms with Gasteiger partial charge in [0.2, 0.25) is 5.91 Å². The van der Waals surface area contributed by atoms with Crippen LogP contribution in [-0.4, -0.2) is 34.0 Å². The van der Waals surface area contributed by atoms with Crippen LogP contribution in [0.25, 0.3) is 10.9 Å². The third-order valence-electron chi connectivity index (χ3n) is 4.66.